The normalized spacial score (nSPS) is 27.7. The van der Waals surface area contributed by atoms with E-state index in [1.165, 1.54) is 0 Å². The summed E-state index contributed by atoms with van der Waals surface area (Å²) in [5.74, 6) is 0.959. The fraction of sp³-hybridized carbons (Fsp3) is 0.571. The zero-order valence-electron chi connectivity index (χ0n) is 17.1. The Morgan fingerprint density at radius 3 is 3.00 bits per heavy atom. The SMILES string of the molecule is CC12CCC(=O)N1C(C(=O)N1CCCN(Cc3cn4cc(Cl)ccc4n3)CC1)CS2. The van der Waals surface area contributed by atoms with Gasteiger partial charge in [-0.15, -0.1) is 11.8 Å². The molecule has 3 aliphatic heterocycles. The molecule has 3 aliphatic rings. The molecule has 3 fully saturated rings. The molecule has 5 heterocycles. The molecule has 0 aliphatic carbocycles. The first-order valence-corrected chi connectivity index (χ1v) is 11.9. The summed E-state index contributed by atoms with van der Waals surface area (Å²) >= 11 is 7.83. The maximum absolute atomic E-state index is 13.3. The smallest absolute Gasteiger partial charge is 0.246 e. The first kappa shape index (κ1) is 20.2. The first-order valence-electron chi connectivity index (χ1n) is 10.5. The van der Waals surface area contributed by atoms with Gasteiger partial charge in [-0.3, -0.25) is 14.5 Å². The van der Waals surface area contributed by atoms with Gasteiger partial charge in [0.1, 0.15) is 11.7 Å². The van der Waals surface area contributed by atoms with Crippen molar-refractivity contribution in [2.45, 2.75) is 43.6 Å². The molecular weight excluding hydrogens is 422 g/mol. The summed E-state index contributed by atoms with van der Waals surface area (Å²) in [6, 6.07) is 3.46. The van der Waals surface area contributed by atoms with Gasteiger partial charge in [-0.05, 0) is 31.9 Å². The van der Waals surface area contributed by atoms with Crippen molar-refractivity contribution >= 4 is 40.8 Å². The Hall–Kier alpha value is -1.77. The van der Waals surface area contributed by atoms with Gasteiger partial charge in [0.25, 0.3) is 0 Å². The van der Waals surface area contributed by atoms with Crippen molar-refractivity contribution in [2.75, 3.05) is 31.9 Å². The lowest BCUT2D eigenvalue weighted by Gasteiger charge is -2.32. The molecule has 9 heteroatoms. The molecular formula is C21H26ClN5O2S. The molecule has 2 unspecified atom stereocenters. The lowest BCUT2D eigenvalue weighted by atomic mass is 10.2. The Morgan fingerprint density at radius 1 is 1.27 bits per heavy atom. The largest absolute Gasteiger partial charge is 0.340 e. The topological polar surface area (TPSA) is 61.2 Å². The van der Waals surface area contributed by atoms with Crippen LogP contribution in [0.3, 0.4) is 0 Å². The molecule has 0 N–H and O–H groups in total. The van der Waals surface area contributed by atoms with Crippen LogP contribution in [0, 0.1) is 0 Å². The quantitative estimate of drug-likeness (QED) is 0.723. The summed E-state index contributed by atoms with van der Waals surface area (Å²) in [4.78, 5) is 36.3. The van der Waals surface area contributed by atoms with Crippen LogP contribution in [-0.2, 0) is 16.1 Å². The number of amides is 2. The fourth-order valence-electron chi connectivity index (χ4n) is 4.89. The van der Waals surface area contributed by atoms with Crippen LogP contribution in [0.15, 0.2) is 24.5 Å². The van der Waals surface area contributed by atoms with Crippen molar-refractivity contribution < 1.29 is 9.59 Å². The number of nitrogens with zero attached hydrogens (tertiary/aromatic N) is 5. The molecule has 2 atom stereocenters. The number of aromatic nitrogens is 2. The summed E-state index contributed by atoms with van der Waals surface area (Å²) < 4.78 is 1.95. The molecule has 2 aromatic heterocycles. The van der Waals surface area contributed by atoms with Crippen LogP contribution in [0.25, 0.3) is 5.65 Å². The van der Waals surface area contributed by atoms with Crippen LogP contribution in [0.1, 0.15) is 31.9 Å². The third-order valence-corrected chi connectivity index (χ3v) is 8.21. The van der Waals surface area contributed by atoms with Gasteiger partial charge in [0, 0.05) is 57.3 Å². The highest BCUT2D eigenvalue weighted by atomic mass is 35.5. The molecule has 0 saturated carbocycles. The molecule has 30 heavy (non-hydrogen) atoms. The van der Waals surface area contributed by atoms with E-state index in [2.05, 4.69) is 16.8 Å². The van der Waals surface area contributed by atoms with Crippen LogP contribution in [-0.4, -0.2) is 78.7 Å². The highest BCUT2D eigenvalue weighted by molar-refractivity contribution is 8.01. The average Bonchev–Trinajstić information content (AvgIpc) is 3.29. The van der Waals surface area contributed by atoms with E-state index in [1.807, 2.05) is 38.7 Å². The van der Waals surface area contributed by atoms with Crippen LogP contribution in [0.4, 0.5) is 0 Å². The minimum atomic E-state index is -0.301. The molecule has 0 radical (unpaired) electrons. The molecule has 3 saturated heterocycles. The van der Waals surface area contributed by atoms with E-state index in [1.54, 1.807) is 11.8 Å². The van der Waals surface area contributed by atoms with E-state index in [4.69, 9.17) is 11.6 Å². The van der Waals surface area contributed by atoms with Crippen molar-refractivity contribution in [3.05, 3.63) is 35.2 Å². The number of halogens is 1. The number of imidazole rings is 1. The second-order valence-electron chi connectivity index (χ2n) is 8.57. The van der Waals surface area contributed by atoms with Crippen molar-refractivity contribution in [3.8, 4) is 0 Å². The fourth-order valence-corrected chi connectivity index (χ4v) is 6.48. The van der Waals surface area contributed by atoms with E-state index < -0.39 is 0 Å². The number of pyridine rings is 1. The Balaban J connectivity index is 1.23. The summed E-state index contributed by atoms with van der Waals surface area (Å²) in [5, 5.41) is 0.688. The number of hydrogen-bond donors (Lipinski definition) is 0. The first-order chi connectivity index (χ1) is 14.4. The Morgan fingerprint density at radius 2 is 2.13 bits per heavy atom. The predicted molar refractivity (Wildman–Crippen MR) is 117 cm³/mol. The van der Waals surface area contributed by atoms with Gasteiger partial charge in [-0.1, -0.05) is 11.6 Å². The highest BCUT2D eigenvalue weighted by Gasteiger charge is 2.53. The van der Waals surface area contributed by atoms with Crippen LogP contribution >= 0.6 is 23.4 Å². The third-order valence-electron chi connectivity index (χ3n) is 6.48. The molecule has 0 aromatic carbocycles. The van der Waals surface area contributed by atoms with Crippen molar-refractivity contribution in [1.29, 1.82) is 0 Å². The van der Waals surface area contributed by atoms with Gasteiger partial charge in [0.05, 0.1) is 15.6 Å². The Labute approximate surface area is 185 Å². The Bertz CT molecular complexity index is 997. The lowest BCUT2D eigenvalue weighted by Crippen LogP contribution is -2.52. The van der Waals surface area contributed by atoms with E-state index in [9.17, 15) is 9.59 Å². The van der Waals surface area contributed by atoms with E-state index in [-0.39, 0.29) is 22.7 Å². The molecule has 2 aromatic rings. The zero-order valence-corrected chi connectivity index (χ0v) is 18.7. The number of fused-ring (bicyclic) bond motifs is 2. The summed E-state index contributed by atoms with van der Waals surface area (Å²) in [7, 11) is 0. The second kappa shape index (κ2) is 7.73. The minimum absolute atomic E-state index is 0.116. The number of rotatable bonds is 3. The zero-order chi connectivity index (χ0) is 20.9. The molecule has 0 bridgehead atoms. The van der Waals surface area contributed by atoms with Gasteiger partial charge in [0.2, 0.25) is 11.8 Å². The van der Waals surface area contributed by atoms with Gasteiger partial charge < -0.3 is 14.2 Å². The molecule has 0 spiro atoms. The number of thioether (sulfide) groups is 1. The van der Waals surface area contributed by atoms with Gasteiger partial charge >= 0.3 is 0 Å². The standard InChI is InChI=1S/C21H26ClN5O2S/c1-21-6-5-19(28)27(21)17(14-30-21)20(29)25-8-2-7-24(9-10-25)12-16-13-26-11-15(22)3-4-18(26)23-16/h3-4,11,13,17H,2,5-10,12,14H2,1H3. The Kier molecular flexibility index (Phi) is 5.19. The van der Waals surface area contributed by atoms with Crippen LogP contribution in [0.5, 0.6) is 0 Å². The molecule has 160 valence electrons. The molecule has 2 amide bonds. The van der Waals surface area contributed by atoms with Crippen LogP contribution in [0.2, 0.25) is 5.02 Å². The van der Waals surface area contributed by atoms with Crippen molar-refractivity contribution in [1.82, 2.24) is 24.1 Å². The summed E-state index contributed by atoms with van der Waals surface area (Å²) in [5.41, 5.74) is 1.89. The summed E-state index contributed by atoms with van der Waals surface area (Å²) in [6.45, 7) is 6.03. The lowest BCUT2D eigenvalue weighted by molar-refractivity contribution is -0.143. The highest BCUT2D eigenvalue weighted by Crippen LogP contribution is 2.47. The van der Waals surface area contributed by atoms with Crippen molar-refractivity contribution in [3.63, 3.8) is 0 Å². The molecule has 7 nitrogen and oxygen atoms in total. The second-order valence-corrected chi connectivity index (χ2v) is 10.5. The monoisotopic (exact) mass is 447 g/mol. The van der Waals surface area contributed by atoms with E-state index in [0.717, 1.165) is 50.4 Å². The number of carbonyl (C=O) groups excluding carboxylic acids is 2. The molecule has 5 rings (SSSR count). The maximum atomic E-state index is 13.3. The maximum Gasteiger partial charge on any atom is 0.246 e. The van der Waals surface area contributed by atoms with Gasteiger partial charge in [0.15, 0.2) is 0 Å². The summed E-state index contributed by atoms with van der Waals surface area (Å²) in [6.07, 6.45) is 6.22. The number of carbonyl (C=O) groups is 2. The van der Waals surface area contributed by atoms with E-state index >= 15 is 0 Å². The number of hydrogen-bond acceptors (Lipinski definition) is 5. The van der Waals surface area contributed by atoms with Crippen molar-refractivity contribution in [2.24, 2.45) is 0 Å². The minimum Gasteiger partial charge on any atom is -0.340 e. The van der Waals surface area contributed by atoms with Gasteiger partial charge in [-0.2, -0.15) is 0 Å². The van der Waals surface area contributed by atoms with Crippen LogP contribution < -0.4 is 0 Å². The average molecular weight is 448 g/mol. The van der Waals surface area contributed by atoms with E-state index in [0.29, 0.717) is 23.7 Å². The third kappa shape index (κ3) is 3.59. The van der Waals surface area contributed by atoms with Gasteiger partial charge in [-0.25, -0.2) is 4.98 Å². The predicted octanol–water partition coefficient (Wildman–Crippen LogP) is 2.48.